The molecular formula is C11H9F2NO2. The van der Waals surface area contributed by atoms with Gasteiger partial charge in [-0.3, -0.25) is 4.79 Å². The molecule has 3 nitrogen and oxygen atoms in total. The summed E-state index contributed by atoms with van der Waals surface area (Å²) < 4.78 is 31.9. The topological polar surface area (TPSA) is 29.5 Å². The minimum Gasteiger partial charge on any atom is -0.486 e. The van der Waals surface area contributed by atoms with Crippen LogP contribution in [0.4, 0.5) is 14.5 Å². The highest BCUT2D eigenvalue weighted by molar-refractivity contribution is 6.04. The summed E-state index contributed by atoms with van der Waals surface area (Å²) in [4.78, 5) is 13.5. The predicted molar refractivity (Wildman–Crippen MR) is 53.0 cm³/mol. The summed E-state index contributed by atoms with van der Waals surface area (Å²) in [5.74, 6) is -2.30. The van der Waals surface area contributed by atoms with E-state index in [-0.39, 0.29) is 17.1 Å². The maximum absolute atomic E-state index is 13.5. The van der Waals surface area contributed by atoms with Crippen molar-refractivity contribution in [1.82, 2.24) is 0 Å². The molecule has 0 aromatic heterocycles. The number of nitrogens with zero attached hydrogens (tertiary/aromatic N) is 1. The Labute approximate surface area is 90.6 Å². The lowest BCUT2D eigenvalue weighted by Crippen LogP contribution is -2.39. The second kappa shape index (κ2) is 3.17. The molecule has 84 valence electrons. The van der Waals surface area contributed by atoms with Crippen molar-refractivity contribution in [2.45, 2.75) is 6.42 Å². The van der Waals surface area contributed by atoms with Crippen LogP contribution in [0.2, 0.25) is 0 Å². The number of benzene rings is 1. The van der Waals surface area contributed by atoms with E-state index in [2.05, 4.69) is 0 Å². The summed E-state index contributed by atoms with van der Waals surface area (Å²) in [7, 11) is 0. The highest BCUT2D eigenvalue weighted by Crippen LogP contribution is 2.41. The first-order chi connectivity index (χ1) is 7.68. The van der Waals surface area contributed by atoms with Crippen molar-refractivity contribution in [3.63, 3.8) is 0 Å². The molecule has 3 rings (SSSR count). The zero-order chi connectivity index (χ0) is 11.3. The fraction of sp³-hybridized carbons (Fsp3) is 0.364. The van der Waals surface area contributed by atoms with Gasteiger partial charge in [-0.15, -0.1) is 0 Å². The first-order valence-corrected chi connectivity index (χ1v) is 5.11. The van der Waals surface area contributed by atoms with E-state index in [4.69, 9.17) is 4.74 Å². The fourth-order valence-electron chi connectivity index (χ4n) is 2.22. The van der Waals surface area contributed by atoms with Crippen LogP contribution < -0.4 is 9.64 Å². The van der Waals surface area contributed by atoms with Gasteiger partial charge in [0.15, 0.2) is 17.3 Å². The number of hydrogen-bond donors (Lipinski definition) is 0. The molecule has 2 aliphatic heterocycles. The Hall–Kier alpha value is -1.65. The molecule has 1 aromatic rings. The molecule has 0 atom stereocenters. The van der Waals surface area contributed by atoms with Crippen LogP contribution in [0.1, 0.15) is 16.8 Å². The van der Waals surface area contributed by atoms with E-state index in [1.807, 2.05) is 4.90 Å². The molecule has 5 heteroatoms. The Balaban J connectivity index is 2.31. The summed E-state index contributed by atoms with van der Waals surface area (Å²) in [6, 6.07) is 0.970. The average molecular weight is 225 g/mol. The van der Waals surface area contributed by atoms with Crippen LogP contribution in [0.5, 0.6) is 5.75 Å². The van der Waals surface area contributed by atoms with Gasteiger partial charge in [0.05, 0.1) is 12.2 Å². The first-order valence-electron chi connectivity index (χ1n) is 5.11. The maximum Gasteiger partial charge on any atom is 0.202 e. The molecular weight excluding hydrogens is 216 g/mol. The molecule has 0 aliphatic carbocycles. The van der Waals surface area contributed by atoms with Gasteiger partial charge < -0.3 is 9.64 Å². The van der Waals surface area contributed by atoms with Crippen LogP contribution in [-0.4, -0.2) is 25.5 Å². The standard InChI is InChI=1S/C11H9F2NO2/c12-7-5-6-8(15)1-2-14-3-4-16-11(9(7)13)10(6)14/h5H,1-4H2. The van der Waals surface area contributed by atoms with Crippen molar-refractivity contribution < 1.29 is 18.3 Å². The number of Topliss-reactive ketones (excluding diaryl/α,β-unsaturated/α-hetero) is 1. The molecule has 0 amide bonds. The average Bonchev–Trinajstić information content (AvgIpc) is 2.29. The number of carbonyl (C=O) groups is 1. The summed E-state index contributed by atoms with van der Waals surface area (Å²) in [5, 5.41) is 0. The van der Waals surface area contributed by atoms with Gasteiger partial charge in [0.25, 0.3) is 0 Å². The third-order valence-electron chi connectivity index (χ3n) is 2.98. The van der Waals surface area contributed by atoms with Gasteiger partial charge in [-0.05, 0) is 6.07 Å². The fourth-order valence-corrected chi connectivity index (χ4v) is 2.22. The number of carbonyl (C=O) groups excluding carboxylic acids is 1. The zero-order valence-corrected chi connectivity index (χ0v) is 8.43. The zero-order valence-electron chi connectivity index (χ0n) is 8.43. The second-order valence-corrected chi connectivity index (χ2v) is 3.91. The summed E-state index contributed by atoms with van der Waals surface area (Å²) in [6.45, 7) is 1.48. The van der Waals surface area contributed by atoms with Crippen molar-refractivity contribution in [3.8, 4) is 5.75 Å². The molecule has 0 N–H and O–H groups in total. The number of ether oxygens (including phenoxy) is 1. The van der Waals surface area contributed by atoms with Crippen molar-refractivity contribution >= 4 is 11.5 Å². The maximum atomic E-state index is 13.5. The molecule has 0 saturated carbocycles. The molecule has 0 fully saturated rings. The van der Waals surface area contributed by atoms with Crippen LogP contribution in [0, 0.1) is 11.6 Å². The van der Waals surface area contributed by atoms with Gasteiger partial charge in [-0.1, -0.05) is 0 Å². The SMILES string of the molecule is O=C1CCN2CCOc3c(F)c(F)cc1c32. The van der Waals surface area contributed by atoms with Gasteiger partial charge in [0, 0.05) is 18.5 Å². The van der Waals surface area contributed by atoms with Gasteiger partial charge >= 0.3 is 0 Å². The molecule has 0 spiro atoms. The van der Waals surface area contributed by atoms with Crippen molar-refractivity contribution in [3.05, 3.63) is 23.3 Å². The third-order valence-corrected chi connectivity index (χ3v) is 2.98. The van der Waals surface area contributed by atoms with E-state index < -0.39 is 11.6 Å². The number of ketones is 1. The first kappa shape index (κ1) is 9.57. The molecule has 0 bridgehead atoms. The van der Waals surface area contributed by atoms with Crippen LogP contribution in [0.15, 0.2) is 6.07 Å². The predicted octanol–water partition coefficient (Wildman–Crippen LogP) is 1.75. The largest absolute Gasteiger partial charge is 0.486 e. The van der Waals surface area contributed by atoms with Gasteiger partial charge in [-0.25, -0.2) is 4.39 Å². The molecule has 16 heavy (non-hydrogen) atoms. The van der Waals surface area contributed by atoms with Crippen molar-refractivity contribution in [2.75, 3.05) is 24.6 Å². The van der Waals surface area contributed by atoms with Crippen molar-refractivity contribution in [1.29, 1.82) is 0 Å². The minimum absolute atomic E-state index is 0.116. The Kier molecular flexibility index (Phi) is 1.89. The second-order valence-electron chi connectivity index (χ2n) is 3.91. The highest BCUT2D eigenvalue weighted by Gasteiger charge is 2.33. The van der Waals surface area contributed by atoms with Crippen LogP contribution >= 0.6 is 0 Å². The Morgan fingerprint density at radius 3 is 2.94 bits per heavy atom. The highest BCUT2D eigenvalue weighted by atomic mass is 19.2. The van der Waals surface area contributed by atoms with E-state index in [1.165, 1.54) is 0 Å². The lowest BCUT2D eigenvalue weighted by atomic mass is 9.98. The Morgan fingerprint density at radius 1 is 1.31 bits per heavy atom. The molecule has 0 radical (unpaired) electrons. The van der Waals surface area contributed by atoms with Gasteiger partial charge in [0.2, 0.25) is 5.82 Å². The lowest BCUT2D eigenvalue weighted by Gasteiger charge is -2.35. The van der Waals surface area contributed by atoms with Crippen LogP contribution in [0.25, 0.3) is 0 Å². The minimum atomic E-state index is -1.02. The molecule has 2 heterocycles. The monoisotopic (exact) mass is 225 g/mol. The third kappa shape index (κ3) is 1.14. The molecule has 1 aromatic carbocycles. The summed E-state index contributed by atoms with van der Waals surface area (Å²) >= 11 is 0. The summed E-state index contributed by atoms with van der Waals surface area (Å²) in [5.41, 5.74) is 0.654. The Morgan fingerprint density at radius 2 is 2.12 bits per heavy atom. The molecule has 2 aliphatic rings. The normalized spacial score (nSPS) is 18.1. The Bertz CT molecular complexity index is 487. The van der Waals surface area contributed by atoms with E-state index >= 15 is 0 Å². The molecule has 0 saturated heterocycles. The summed E-state index contributed by atoms with van der Waals surface area (Å²) in [6.07, 6.45) is 0.345. The van der Waals surface area contributed by atoms with E-state index in [9.17, 15) is 13.6 Å². The lowest BCUT2D eigenvalue weighted by molar-refractivity contribution is 0.0976. The van der Waals surface area contributed by atoms with Crippen LogP contribution in [0.3, 0.4) is 0 Å². The van der Waals surface area contributed by atoms with E-state index in [1.54, 1.807) is 0 Å². The van der Waals surface area contributed by atoms with Gasteiger partial charge in [-0.2, -0.15) is 4.39 Å². The number of rotatable bonds is 0. The quantitative estimate of drug-likeness (QED) is 0.673. The number of anilines is 1. The van der Waals surface area contributed by atoms with Crippen molar-refractivity contribution in [2.24, 2.45) is 0 Å². The smallest absolute Gasteiger partial charge is 0.202 e. The number of hydrogen-bond acceptors (Lipinski definition) is 3. The van der Waals surface area contributed by atoms with Crippen LogP contribution in [-0.2, 0) is 0 Å². The van der Waals surface area contributed by atoms with E-state index in [0.717, 1.165) is 6.07 Å². The molecule has 0 unspecified atom stereocenters. The van der Waals surface area contributed by atoms with E-state index in [0.29, 0.717) is 31.8 Å². The van der Waals surface area contributed by atoms with Gasteiger partial charge in [0.1, 0.15) is 6.61 Å². The number of halogens is 2.